The number of hydrogen-bond acceptors (Lipinski definition) is 3. The van der Waals surface area contributed by atoms with Gasteiger partial charge < -0.3 is 10.1 Å². The van der Waals surface area contributed by atoms with Crippen molar-refractivity contribution in [2.75, 3.05) is 13.2 Å². The molecule has 1 atom stereocenters. The van der Waals surface area contributed by atoms with Crippen molar-refractivity contribution < 1.29 is 9.53 Å². The Morgan fingerprint density at radius 3 is 2.85 bits per heavy atom. The van der Waals surface area contributed by atoms with E-state index < -0.39 is 0 Å². The molecule has 1 fully saturated rings. The van der Waals surface area contributed by atoms with Gasteiger partial charge in [0.2, 0.25) is 0 Å². The molecule has 1 aliphatic heterocycles. The van der Waals surface area contributed by atoms with Crippen LogP contribution in [0.3, 0.4) is 0 Å². The molecule has 2 rings (SSSR count). The Kier molecular flexibility index (Phi) is 5.18. The first-order valence-electron chi connectivity index (χ1n) is 7.67. The van der Waals surface area contributed by atoms with E-state index in [0.29, 0.717) is 5.92 Å². The Morgan fingerprint density at radius 1 is 1.45 bits per heavy atom. The summed E-state index contributed by atoms with van der Waals surface area (Å²) in [5.74, 6) is 1.48. The zero-order chi connectivity index (χ0) is 14.5. The lowest BCUT2D eigenvalue weighted by molar-refractivity contribution is 0.0952. The van der Waals surface area contributed by atoms with E-state index >= 15 is 0 Å². The average molecular weight is 275 g/mol. The lowest BCUT2D eigenvalue weighted by Gasteiger charge is -2.16. The van der Waals surface area contributed by atoms with Gasteiger partial charge in [-0.15, -0.1) is 0 Å². The fraction of sp³-hybridized carbons (Fsp3) is 0.588. The van der Waals surface area contributed by atoms with E-state index in [1.807, 2.05) is 18.2 Å². The summed E-state index contributed by atoms with van der Waals surface area (Å²) in [6.45, 7) is 8.04. The second-order valence-corrected chi connectivity index (χ2v) is 5.77. The van der Waals surface area contributed by atoms with Gasteiger partial charge in [-0.1, -0.05) is 20.8 Å². The number of ketones is 1. The number of carbonyl (C=O) groups excluding carboxylic acids is 1. The largest absolute Gasteiger partial charge is 0.493 e. The number of hydrogen-bond donors (Lipinski definition) is 1. The third-order valence-corrected chi connectivity index (χ3v) is 3.75. The molecule has 0 amide bonds. The Balaban J connectivity index is 2.22. The van der Waals surface area contributed by atoms with Gasteiger partial charge in [-0.25, -0.2) is 0 Å². The van der Waals surface area contributed by atoms with Gasteiger partial charge in [0, 0.05) is 5.56 Å². The van der Waals surface area contributed by atoms with Gasteiger partial charge in [-0.05, 0) is 55.5 Å². The van der Waals surface area contributed by atoms with Crippen molar-refractivity contribution in [3.8, 4) is 5.75 Å². The molecule has 1 aromatic rings. The van der Waals surface area contributed by atoms with Crippen LogP contribution < -0.4 is 10.1 Å². The number of ether oxygens (including phenoxy) is 1. The van der Waals surface area contributed by atoms with E-state index in [1.54, 1.807) is 0 Å². The van der Waals surface area contributed by atoms with Crippen LogP contribution in [0.15, 0.2) is 18.2 Å². The molecule has 1 aliphatic rings. The van der Waals surface area contributed by atoms with Crippen LogP contribution in [0.25, 0.3) is 0 Å². The fourth-order valence-electron chi connectivity index (χ4n) is 2.61. The number of nitrogens with one attached hydrogen (secondary N) is 1. The molecule has 1 unspecified atom stereocenters. The Labute approximate surface area is 121 Å². The van der Waals surface area contributed by atoms with E-state index in [1.165, 1.54) is 0 Å². The summed E-state index contributed by atoms with van der Waals surface area (Å²) in [5.41, 5.74) is 1.93. The van der Waals surface area contributed by atoms with Crippen LogP contribution >= 0.6 is 0 Å². The number of rotatable bonds is 6. The fourth-order valence-corrected chi connectivity index (χ4v) is 2.61. The Bertz CT molecular complexity index is 462. The van der Waals surface area contributed by atoms with E-state index in [9.17, 15) is 4.79 Å². The summed E-state index contributed by atoms with van der Waals surface area (Å²) >= 11 is 0. The molecule has 110 valence electrons. The van der Waals surface area contributed by atoms with Gasteiger partial charge in [0.15, 0.2) is 5.78 Å². The molecule has 1 saturated heterocycles. The number of carbonyl (C=O) groups is 1. The number of benzene rings is 1. The predicted molar refractivity (Wildman–Crippen MR) is 81.7 cm³/mol. The molecule has 0 bridgehead atoms. The second-order valence-electron chi connectivity index (χ2n) is 5.77. The normalized spacial score (nSPS) is 18.5. The molecule has 0 aromatic heterocycles. The third kappa shape index (κ3) is 3.40. The summed E-state index contributed by atoms with van der Waals surface area (Å²) in [6, 6.07) is 5.86. The lowest BCUT2D eigenvalue weighted by atomic mass is 9.95. The topological polar surface area (TPSA) is 38.3 Å². The van der Waals surface area contributed by atoms with Crippen molar-refractivity contribution in [3.05, 3.63) is 29.3 Å². The summed E-state index contributed by atoms with van der Waals surface area (Å²) in [7, 11) is 0. The summed E-state index contributed by atoms with van der Waals surface area (Å²) < 4.78 is 5.78. The van der Waals surface area contributed by atoms with Gasteiger partial charge in [-0.3, -0.25) is 4.79 Å². The first-order valence-corrected chi connectivity index (χ1v) is 7.67. The van der Waals surface area contributed by atoms with Crippen LogP contribution in [0.2, 0.25) is 0 Å². The van der Waals surface area contributed by atoms with Crippen LogP contribution in [-0.4, -0.2) is 25.0 Å². The smallest absolute Gasteiger partial charge is 0.179 e. The van der Waals surface area contributed by atoms with E-state index in [4.69, 9.17) is 4.74 Å². The minimum Gasteiger partial charge on any atom is -0.493 e. The quantitative estimate of drug-likeness (QED) is 0.807. The highest BCUT2D eigenvalue weighted by molar-refractivity contribution is 6.00. The van der Waals surface area contributed by atoms with Crippen molar-refractivity contribution in [3.63, 3.8) is 0 Å². The van der Waals surface area contributed by atoms with Crippen molar-refractivity contribution in [1.29, 1.82) is 0 Å². The lowest BCUT2D eigenvalue weighted by Crippen LogP contribution is -2.30. The molecule has 1 aromatic carbocycles. The van der Waals surface area contributed by atoms with Crippen LogP contribution in [-0.2, 0) is 0 Å². The van der Waals surface area contributed by atoms with Crippen LogP contribution in [0, 0.1) is 0 Å². The zero-order valence-electron chi connectivity index (χ0n) is 12.7. The molecule has 20 heavy (non-hydrogen) atoms. The highest BCUT2D eigenvalue weighted by atomic mass is 16.5. The first-order chi connectivity index (χ1) is 9.63. The minimum absolute atomic E-state index is 0.00239. The van der Waals surface area contributed by atoms with Crippen molar-refractivity contribution >= 4 is 5.78 Å². The SMILES string of the molecule is CCCOc1ccc(C(=O)C2CCCN2)cc1C(C)C. The van der Waals surface area contributed by atoms with Crippen LogP contribution in [0.5, 0.6) is 5.75 Å². The minimum atomic E-state index is -0.00239. The van der Waals surface area contributed by atoms with Crippen molar-refractivity contribution in [2.24, 2.45) is 0 Å². The molecular weight excluding hydrogens is 250 g/mol. The maximum atomic E-state index is 12.4. The molecule has 0 saturated carbocycles. The predicted octanol–water partition coefficient (Wildman–Crippen LogP) is 3.53. The first kappa shape index (κ1) is 15.0. The van der Waals surface area contributed by atoms with Crippen molar-refractivity contribution in [1.82, 2.24) is 5.32 Å². The molecule has 0 spiro atoms. The Hall–Kier alpha value is -1.35. The monoisotopic (exact) mass is 275 g/mol. The van der Waals surface area contributed by atoms with Gasteiger partial charge in [-0.2, -0.15) is 0 Å². The van der Waals surface area contributed by atoms with Crippen LogP contribution in [0.4, 0.5) is 0 Å². The molecular formula is C17H25NO2. The molecule has 0 radical (unpaired) electrons. The highest BCUT2D eigenvalue weighted by Gasteiger charge is 2.24. The maximum absolute atomic E-state index is 12.4. The van der Waals surface area contributed by atoms with Gasteiger partial charge in [0.05, 0.1) is 12.6 Å². The maximum Gasteiger partial charge on any atom is 0.179 e. The molecule has 1 heterocycles. The van der Waals surface area contributed by atoms with E-state index in [0.717, 1.165) is 49.3 Å². The number of Topliss-reactive ketones (excluding diaryl/α,β-unsaturated/α-hetero) is 1. The van der Waals surface area contributed by atoms with Gasteiger partial charge in [0.1, 0.15) is 5.75 Å². The average Bonchev–Trinajstić information content (AvgIpc) is 2.98. The standard InChI is InChI=1S/C17H25NO2/c1-4-10-20-16-8-7-13(11-14(16)12(2)3)17(19)15-6-5-9-18-15/h7-8,11-12,15,18H,4-6,9-10H2,1-3H3. The van der Waals surface area contributed by atoms with E-state index in [-0.39, 0.29) is 11.8 Å². The van der Waals surface area contributed by atoms with Gasteiger partial charge >= 0.3 is 0 Å². The Morgan fingerprint density at radius 2 is 2.25 bits per heavy atom. The second kappa shape index (κ2) is 6.89. The zero-order valence-corrected chi connectivity index (χ0v) is 12.7. The third-order valence-electron chi connectivity index (χ3n) is 3.75. The van der Waals surface area contributed by atoms with Crippen molar-refractivity contribution in [2.45, 2.75) is 52.0 Å². The highest BCUT2D eigenvalue weighted by Crippen LogP contribution is 2.28. The molecule has 0 aliphatic carbocycles. The summed E-state index contributed by atoms with van der Waals surface area (Å²) in [5, 5.41) is 3.27. The molecule has 1 N–H and O–H groups in total. The van der Waals surface area contributed by atoms with Crippen LogP contribution in [0.1, 0.15) is 61.9 Å². The van der Waals surface area contributed by atoms with E-state index in [2.05, 4.69) is 26.1 Å². The summed E-state index contributed by atoms with van der Waals surface area (Å²) in [4.78, 5) is 12.4. The molecule has 3 heteroatoms. The van der Waals surface area contributed by atoms with Gasteiger partial charge in [0.25, 0.3) is 0 Å². The summed E-state index contributed by atoms with van der Waals surface area (Å²) in [6.07, 6.45) is 3.03. The molecule has 3 nitrogen and oxygen atoms in total.